The number of aryl methyl sites for hydroxylation is 1. The van der Waals surface area contributed by atoms with Gasteiger partial charge in [-0.1, -0.05) is 36.7 Å². The van der Waals surface area contributed by atoms with E-state index in [2.05, 4.69) is 28.8 Å². The number of hydrogen-bond acceptors (Lipinski definition) is 3. The van der Waals surface area contributed by atoms with Crippen molar-refractivity contribution in [3.8, 4) is 0 Å². The standard InChI is InChI=1S/C11H15Cl2N3/c1-4-5-9-15-10(13)8(3)11(16-9)14-6-7(2)12/h2,4-6H2,1,3H3,(H,14,15,16). The summed E-state index contributed by atoms with van der Waals surface area (Å²) in [6, 6.07) is 0. The van der Waals surface area contributed by atoms with E-state index in [1.165, 1.54) is 0 Å². The number of halogens is 2. The molecule has 16 heavy (non-hydrogen) atoms. The van der Waals surface area contributed by atoms with Crippen molar-refractivity contribution in [2.75, 3.05) is 11.9 Å². The second-order valence-electron chi connectivity index (χ2n) is 3.53. The van der Waals surface area contributed by atoms with Gasteiger partial charge in [-0.05, 0) is 13.3 Å². The average Bonchev–Trinajstić information content (AvgIpc) is 2.21. The summed E-state index contributed by atoms with van der Waals surface area (Å²) in [7, 11) is 0. The molecule has 0 radical (unpaired) electrons. The van der Waals surface area contributed by atoms with Crippen molar-refractivity contribution in [1.82, 2.24) is 9.97 Å². The van der Waals surface area contributed by atoms with Gasteiger partial charge in [0.15, 0.2) is 0 Å². The Morgan fingerprint density at radius 1 is 1.44 bits per heavy atom. The van der Waals surface area contributed by atoms with Crippen LogP contribution in [0.5, 0.6) is 0 Å². The fourth-order valence-corrected chi connectivity index (χ4v) is 1.47. The molecular weight excluding hydrogens is 245 g/mol. The van der Waals surface area contributed by atoms with Crippen LogP contribution in [0.1, 0.15) is 24.7 Å². The fourth-order valence-electron chi connectivity index (χ4n) is 1.22. The molecule has 0 spiro atoms. The fraction of sp³-hybridized carbons (Fsp3) is 0.455. The highest BCUT2D eigenvalue weighted by Crippen LogP contribution is 2.20. The van der Waals surface area contributed by atoms with Crippen LogP contribution in [0.4, 0.5) is 5.82 Å². The summed E-state index contributed by atoms with van der Waals surface area (Å²) >= 11 is 11.7. The molecule has 0 bridgehead atoms. The van der Waals surface area contributed by atoms with Crippen molar-refractivity contribution in [2.45, 2.75) is 26.7 Å². The van der Waals surface area contributed by atoms with Gasteiger partial charge in [-0.2, -0.15) is 0 Å². The lowest BCUT2D eigenvalue weighted by molar-refractivity contribution is 0.831. The van der Waals surface area contributed by atoms with Gasteiger partial charge < -0.3 is 5.32 Å². The highest BCUT2D eigenvalue weighted by molar-refractivity contribution is 6.30. The first kappa shape index (κ1) is 13.3. The maximum Gasteiger partial charge on any atom is 0.137 e. The molecule has 0 aliphatic rings. The molecule has 1 N–H and O–H groups in total. The Balaban J connectivity index is 2.92. The van der Waals surface area contributed by atoms with Crippen LogP contribution in [0.25, 0.3) is 0 Å². The maximum atomic E-state index is 6.02. The van der Waals surface area contributed by atoms with Crippen LogP contribution in [0.2, 0.25) is 5.15 Å². The summed E-state index contributed by atoms with van der Waals surface area (Å²) < 4.78 is 0. The Hall–Kier alpha value is -0.800. The van der Waals surface area contributed by atoms with Crippen molar-refractivity contribution in [1.29, 1.82) is 0 Å². The van der Waals surface area contributed by atoms with E-state index >= 15 is 0 Å². The van der Waals surface area contributed by atoms with Gasteiger partial charge in [0.1, 0.15) is 16.8 Å². The molecule has 0 fully saturated rings. The zero-order chi connectivity index (χ0) is 12.1. The van der Waals surface area contributed by atoms with Gasteiger partial charge in [-0.25, -0.2) is 9.97 Å². The summed E-state index contributed by atoms with van der Waals surface area (Å²) in [5, 5.41) is 4.11. The molecule has 3 nitrogen and oxygen atoms in total. The van der Waals surface area contributed by atoms with Crippen molar-refractivity contribution >= 4 is 29.0 Å². The lowest BCUT2D eigenvalue weighted by Gasteiger charge is -2.10. The Kier molecular flexibility index (Phi) is 5.03. The van der Waals surface area contributed by atoms with E-state index in [-0.39, 0.29) is 0 Å². The third kappa shape index (κ3) is 3.65. The minimum Gasteiger partial charge on any atom is -0.365 e. The SMILES string of the molecule is C=C(Cl)CNc1nc(CCC)nc(Cl)c1C. The first-order chi connectivity index (χ1) is 7.54. The summed E-state index contributed by atoms with van der Waals surface area (Å²) in [5.74, 6) is 1.48. The maximum absolute atomic E-state index is 6.02. The minimum absolute atomic E-state index is 0.474. The zero-order valence-electron chi connectivity index (χ0n) is 9.48. The highest BCUT2D eigenvalue weighted by Gasteiger charge is 2.08. The number of hydrogen-bond donors (Lipinski definition) is 1. The van der Waals surface area contributed by atoms with Crippen molar-refractivity contribution in [2.24, 2.45) is 0 Å². The summed E-state index contributed by atoms with van der Waals surface area (Å²) in [6.45, 7) is 8.03. The minimum atomic E-state index is 0.474. The van der Waals surface area contributed by atoms with Gasteiger partial charge in [0.2, 0.25) is 0 Å². The van der Waals surface area contributed by atoms with E-state index in [1.807, 2.05) is 6.92 Å². The lowest BCUT2D eigenvalue weighted by atomic mass is 10.3. The van der Waals surface area contributed by atoms with Gasteiger partial charge in [-0.15, -0.1) is 0 Å². The number of nitrogens with zero attached hydrogens (tertiary/aromatic N) is 2. The van der Waals surface area contributed by atoms with Gasteiger partial charge in [0, 0.05) is 17.0 Å². The normalized spacial score (nSPS) is 10.2. The topological polar surface area (TPSA) is 37.8 Å². The number of aromatic nitrogens is 2. The van der Waals surface area contributed by atoms with Crippen LogP contribution in [-0.2, 0) is 6.42 Å². The predicted molar refractivity (Wildman–Crippen MR) is 69.3 cm³/mol. The Labute approximate surface area is 106 Å². The molecule has 0 amide bonds. The van der Waals surface area contributed by atoms with Gasteiger partial charge in [-0.3, -0.25) is 0 Å². The smallest absolute Gasteiger partial charge is 0.137 e. The molecule has 1 heterocycles. The van der Waals surface area contributed by atoms with E-state index < -0.39 is 0 Å². The van der Waals surface area contributed by atoms with Crippen LogP contribution in [0.3, 0.4) is 0 Å². The van der Waals surface area contributed by atoms with Crippen LogP contribution >= 0.6 is 23.2 Å². The second-order valence-corrected chi connectivity index (χ2v) is 4.42. The molecule has 0 saturated heterocycles. The Morgan fingerprint density at radius 2 is 2.12 bits per heavy atom. The van der Waals surface area contributed by atoms with Crippen LogP contribution in [0, 0.1) is 6.92 Å². The summed E-state index contributed by atoms with van der Waals surface area (Å²) in [6.07, 6.45) is 1.80. The lowest BCUT2D eigenvalue weighted by Crippen LogP contribution is -2.08. The van der Waals surface area contributed by atoms with Gasteiger partial charge in [0.05, 0.1) is 6.54 Å². The summed E-state index contributed by atoms with van der Waals surface area (Å²) in [4.78, 5) is 8.60. The van der Waals surface area contributed by atoms with Crippen molar-refractivity contribution < 1.29 is 0 Å². The molecule has 5 heteroatoms. The first-order valence-corrected chi connectivity index (χ1v) is 5.90. The van der Waals surface area contributed by atoms with Crippen LogP contribution in [0.15, 0.2) is 11.6 Å². The number of anilines is 1. The third-order valence-electron chi connectivity index (χ3n) is 2.05. The first-order valence-electron chi connectivity index (χ1n) is 5.14. The van der Waals surface area contributed by atoms with E-state index in [4.69, 9.17) is 23.2 Å². The Morgan fingerprint density at radius 3 is 2.69 bits per heavy atom. The highest BCUT2D eigenvalue weighted by atomic mass is 35.5. The monoisotopic (exact) mass is 259 g/mol. The quantitative estimate of drug-likeness (QED) is 0.822. The molecule has 88 valence electrons. The average molecular weight is 260 g/mol. The van der Waals surface area contributed by atoms with Gasteiger partial charge >= 0.3 is 0 Å². The van der Waals surface area contributed by atoms with Crippen molar-refractivity contribution in [3.63, 3.8) is 0 Å². The molecule has 0 saturated carbocycles. The Bertz CT molecular complexity index is 391. The van der Waals surface area contributed by atoms with Crippen LogP contribution in [-0.4, -0.2) is 16.5 Å². The zero-order valence-corrected chi connectivity index (χ0v) is 11.0. The van der Waals surface area contributed by atoms with Crippen molar-refractivity contribution in [3.05, 3.63) is 28.2 Å². The van der Waals surface area contributed by atoms with E-state index in [9.17, 15) is 0 Å². The summed E-state index contributed by atoms with van der Waals surface area (Å²) in [5.41, 5.74) is 0.833. The molecule has 1 aromatic heterocycles. The molecular formula is C11H15Cl2N3. The molecule has 0 atom stereocenters. The molecule has 0 aliphatic heterocycles. The second kappa shape index (κ2) is 6.06. The largest absolute Gasteiger partial charge is 0.365 e. The third-order valence-corrected chi connectivity index (χ3v) is 2.56. The van der Waals surface area contributed by atoms with Crippen LogP contribution < -0.4 is 5.32 Å². The molecule has 0 aromatic carbocycles. The van der Waals surface area contributed by atoms with E-state index in [0.717, 1.165) is 30.0 Å². The molecule has 1 rings (SSSR count). The van der Waals surface area contributed by atoms with E-state index in [1.54, 1.807) is 0 Å². The predicted octanol–water partition coefficient (Wildman–Crippen LogP) is 3.56. The molecule has 0 aliphatic carbocycles. The van der Waals surface area contributed by atoms with E-state index in [0.29, 0.717) is 16.7 Å². The van der Waals surface area contributed by atoms with Gasteiger partial charge in [0.25, 0.3) is 0 Å². The number of nitrogens with one attached hydrogen (secondary N) is 1. The molecule has 0 unspecified atom stereocenters. The molecule has 1 aromatic rings. The number of rotatable bonds is 5.